The summed E-state index contributed by atoms with van der Waals surface area (Å²) in [6.07, 6.45) is 1.43. The van der Waals surface area contributed by atoms with E-state index in [4.69, 9.17) is 9.47 Å². The fraction of sp³-hybridized carbons (Fsp3) is 0.263. The molecular formula is C19H21NO4. The van der Waals surface area contributed by atoms with Crippen LogP contribution in [0.25, 0.3) is 0 Å². The van der Waals surface area contributed by atoms with Crippen molar-refractivity contribution >= 4 is 17.7 Å². The molecule has 0 heterocycles. The third-order valence-corrected chi connectivity index (χ3v) is 3.33. The highest BCUT2D eigenvalue weighted by Crippen LogP contribution is 2.25. The highest BCUT2D eigenvalue weighted by molar-refractivity contribution is 5.93. The molecule has 0 unspecified atom stereocenters. The van der Waals surface area contributed by atoms with E-state index in [2.05, 4.69) is 12.2 Å². The van der Waals surface area contributed by atoms with Crippen LogP contribution in [0.4, 0.5) is 10.5 Å². The van der Waals surface area contributed by atoms with Gasteiger partial charge in [-0.2, -0.15) is 0 Å². The number of nitrogens with one attached hydrogen (secondary N) is 1. The Morgan fingerprint density at radius 3 is 2.38 bits per heavy atom. The van der Waals surface area contributed by atoms with Gasteiger partial charge in [-0.3, -0.25) is 5.32 Å². The molecule has 24 heavy (non-hydrogen) atoms. The molecule has 0 radical (unpaired) electrons. The van der Waals surface area contributed by atoms with Crippen LogP contribution in [-0.2, 0) is 11.2 Å². The van der Waals surface area contributed by atoms with Crippen molar-refractivity contribution in [3.63, 3.8) is 0 Å². The average molecular weight is 327 g/mol. The van der Waals surface area contributed by atoms with E-state index in [1.54, 1.807) is 43.3 Å². The molecule has 0 fully saturated rings. The Labute approximate surface area is 141 Å². The number of esters is 1. The fourth-order valence-corrected chi connectivity index (χ4v) is 2.19. The summed E-state index contributed by atoms with van der Waals surface area (Å²) in [7, 11) is 0. The molecule has 1 N–H and O–H groups in total. The van der Waals surface area contributed by atoms with Gasteiger partial charge < -0.3 is 9.47 Å². The molecule has 0 atom stereocenters. The number of carbonyl (C=O) groups excluding carboxylic acids is 2. The molecule has 5 nitrogen and oxygen atoms in total. The first-order valence-corrected chi connectivity index (χ1v) is 7.98. The molecule has 0 aliphatic carbocycles. The largest absolute Gasteiger partial charge is 0.450 e. The van der Waals surface area contributed by atoms with Gasteiger partial charge in [0, 0.05) is 0 Å². The van der Waals surface area contributed by atoms with Crippen LogP contribution in [0.1, 0.15) is 36.2 Å². The smallest absolute Gasteiger partial charge is 0.411 e. The number of ether oxygens (including phenoxy) is 2. The molecule has 0 spiro atoms. The van der Waals surface area contributed by atoms with Crippen LogP contribution >= 0.6 is 0 Å². The molecular weight excluding hydrogens is 306 g/mol. The number of aryl methyl sites for hydroxylation is 1. The molecule has 126 valence electrons. The third-order valence-electron chi connectivity index (χ3n) is 3.33. The standard InChI is InChI=1S/C19H21NO4/c1-3-7-14-10-12-15(13-11-14)18(21)24-17-9-6-5-8-16(17)20-19(22)23-4-2/h5-6,8-13H,3-4,7H2,1-2H3,(H,20,22). The van der Waals surface area contributed by atoms with E-state index in [1.807, 2.05) is 12.1 Å². The van der Waals surface area contributed by atoms with Crippen molar-refractivity contribution in [3.8, 4) is 5.75 Å². The van der Waals surface area contributed by atoms with Gasteiger partial charge in [-0.1, -0.05) is 37.6 Å². The highest BCUT2D eigenvalue weighted by Gasteiger charge is 2.13. The first kappa shape index (κ1) is 17.5. The maximum Gasteiger partial charge on any atom is 0.411 e. The lowest BCUT2D eigenvalue weighted by Gasteiger charge is -2.11. The van der Waals surface area contributed by atoms with Crippen molar-refractivity contribution in [2.24, 2.45) is 0 Å². The minimum Gasteiger partial charge on any atom is -0.450 e. The van der Waals surface area contributed by atoms with Gasteiger partial charge in [-0.25, -0.2) is 9.59 Å². The Kier molecular flexibility index (Phi) is 6.37. The summed E-state index contributed by atoms with van der Waals surface area (Å²) in [6.45, 7) is 4.08. The summed E-state index contributed by atoms with van der Waals surface area (Å²) in [6, 6.07) is 14.0. The van der Waals surface area contributed by atoms with Gasteiger partial charge in [0.05, 0.1) is 17.9 Å². The second kappa shape index (κ2) is 8.72. The molecule has 0 saturated carbocycles. The number of amides is 1. The Bertz CT molecular complexity index is 695. The van der Waals surface area contributed by atoms with Crippen molar-refractivity contribution in [2.45, 2.75) is 26.7 Å². The SMILES string of the molecule is CCCc1ccc(C(=O)Oc2ccccc2NC(=O)OCC)cc1. The minimum atomic E-state index is -0.593. The number of hydrogen-bond donors (Lipinski definition) is 1. The van der Waals surface area contributed by atoms with Gasteiger partial charge in [0.1, 0.15) is 0 Å². The fourth-order valence-electron chi connectivity index (χ4n) is 2.19. The summed E-state index contributed by atoms with van der Waals surface area (Å²) >= 11 is 0. The van der Waals surface area contributed by atoms with Gasteiger partial charge in [0.25, 0.3) is 0 Å². The summed E-state index contributed by atoms with van der Waals surface area (Å²) in [5.41, 5.74) is 2.02. The number of carbonyl (C=O) groups is 2. The summed E-state index contributed by atoms with van der Waals surface area (Å²) in [5.74, 6) is -0.204. The minimum absolute atomic E-state index is 0.262. The van der Waals surface area contributed by atoms with Crippen LogP contribution in [0.5, 0.6) is 5.75 Å². The normalized spacial score (nSPS) is 10.1. The highest BCUT2D eigenvalue weighted by atomic mass is 16.6. The van der Waals surface area contributed by atoms with Crippen LogP contribution in [0.15, 0.2) is 48.5 Å². The molecule has 0 saturated heterocycles. The molecule has 5 heteroatoms. The van der Waals surface area contributed by atoms with Crippen LogP contribution < -0.4 is 10.1 Å². The number of hydrogen-bond acceptors (Lipinski definition) is 4. The Morgan fingerprint density at radius 2 is 1.71 bits per heavy atom. The van der Waals surface area contributed by atoms with Gasteiger partial charge in [-0.15, -0.1) is 0 Å². The van der Waals surface area contributed by atoms with Crippen molar-refractivity contribution in [1.29, 1.82) is 0 Å². The van der Waals surface area contributed by atoms with E-state index in [1.165, 1.54) is 5.56 Å². The zero-order valence-electron chi connectivity index (χ0n) is 13.9. The van der Waals surface area contributed by atoms with E-state index >= 15 is 0 Å². The molecule has 2 aromatic carbocycles. The lowest BCUT2D eigenvalue weighted by atomic mass is 10.1. The van der Waals surface area contributed by atoms with Crippen LogP contribution in [0, 0.1) is 0 Å². The number of anilines is 1. The Hall–Kier alpha value is -2.82. The second-order valence-corrected chi connectivity index (χ2v) is 5.18. The molecule has 0 aliphatic rings. The monoisotopic (exact) mass is 327 g/mol. The van der Waals surface area contributed by atoms with Crippen LogP contribution in [0.2, 0.25) is 0 Å². The molecule has 0 aromatic heterocycles. The lowest BCUT2D eigenvalue weighted by molar-refractivity contribution is 0.0735. The molecule has 0 bridgehead atoms. The number of rotatable bonds is 6. The number of para-hydroxylation sites is 2. The van der Waals surface area contributed by atoms with Crippen molar-refractivity contribution < 1.29 is 19.1 Å². The van der Waals surface area contributed by atoms with Gasteiger partial charge in [-0.05, 0) is 43.2 Å². The van der Waals surface area contributed by atoms with E-state index in [9.17, 15) is 9.59 Å². The van der Waals surface area contributed by atoms with Crippen LogP contribution in [0.3, 0.4) is 0 Å². The quantitative estimate of drug-likeness (QED) is 0.630. The van der Waals surface area contributed by atoms with Gasteiger partial charge >= 0.3 is 12.1 Å². The van der Waals surface area contributed by atoms with E-state index in [-0.39, 0.29) is 12.4 Å². The van der Waals surface area contributed by atoms with Crippen molar-refractivity contribution in [3.05, 3.63) is 59.7 Å². The summed E-state index contributed by atoms with van der Waals surface area (Å²) in [5, 5.41) is 2.56. The van der Waals surface area contributed by atoms with Crippen LogP contribution in [-0.4, -0.2) is 18.7 Å². The molecule has 2 rings (SSSR count). The molecule has 2 aromatic rings. The molecule has 1 amide bonds. The number of benzene rings is 2. The maximum atomic E-state index is 12.3. The van der Waals surface area contributed by atoms with Gasteiger partial charge in [0.2, 0.25) is 0 Å². The van der Waals surface area contributed by atoms with Crippen molar-refractivity contribution in [1.82, 2.24) is 0 Å². The second-order valence-electron chi connectivity index (χ2n) is 5.18. The Morgan fingerprint density at radius 1 is 1.00 bits per heavy atom. The zero-order valence-corrected chi connectivity index (χ0v) is 13.9. The predicted molar refractivity (Wildman–Crippen MR) is 92.5 cm³/mol. The van der Waals surface area contributed by atoms with Gasteiger partial charge in [0.15, 0.2) is 5.75 Å². The summed E-state index contributed by atoms with van der Waals surface area (Å²) < 4.78 is 10.2. The topological polar surface area (TPSA) is 64.6 Å². The Balaban J connectivity index is 2.09. The summed E-state index contributed by atoms with van der Waals surface area (Å²) in [4.78, 5) is 23.8. The lowest BCUT2D eigenvalue weighted by Crippen LogP contribution is -2.15. The van der Waals surface area contributed by atoms with E-state index < -0.39 is 12.1 Å². The molecule has 0 aliphatic heterocycles. The predicted octanol–water partition coefficient (Wildman–Crippen LogP) is 4.43. The zero-order chi connectivity index (χ0) is 17.4. The first-order chi connectivity index (χ1) is 11.6. The van der Waals surface area contributed by atoms with E-state index in [0.29, 0.717) is 11.3 Å². The van der Waals surface area contributed by atoms with Crippen molar-refractivity contribution in [2.75, 3.05) is 11.9 Å². The van der Waals surface area contributed by atoms with E-state index in [0.717, 1.165) is 12.8 Å². The maximum absolute atomic E-state index is 12.3. The third kappa shape index (κ3) is 4.84. The first-order valence-electron chi connectivity index (χ1n) is 7.98. The average Bonchev–Trinajstić information content (AvgIpc) is 2.58.